The molecule has 0 saturated heterocycles. The van der Waals surface area contributed by atoms with Crippen molar-refractivity contribution in [3.05, 3.63) is 48.0 Å². The van der Waals surface area contributed by atoms with Gasteiger partial charge in [0.2, 0.25) is 5.91 Å². The molecule has 0 aromatic heterocycles. The number of amides is 2. The number of anilines is 2. The summed E-state index contributed by atoms with van der Waals surface area (Å²) in [6.45, 7) is 1.40. The summed E-state index contributed by atoms with van der Waals surface area (Å²) in [5, 5.41) is 5.44. The quantitative estimate of drug-likeness (QED) is 0.889. The smallest absolute Gasteiger partial charge is 0.263 e. The summed E-state index contributed by atoms with van der Waals surface area (Å²) in [5.41, 5.74) is 1.29. The maximum atomic E-state index is 12.6. The fraction of sp³-hybridized carbons (Fsp3) is 0.176. The summed E-state index contributed by atoms with van der Waals surface area (Å²) in [6.07, 6.45) is 0. The molecule has 0 unspecified atom stereocenters. The summed E-state index contributed by atoms with van der Waals surface area (Å²) in [4.78, 5) is 23.9. The first kappa shape index (κ1) is 16.4. The highest BCUT2D eigenvalue weighted by molar-refractivity contribution is 6.10. The molecule has 120 valence electrons. The van der Waals surface area contributed by atoms with E-state index in [9.17, 15) is 9.59 Å². The first-order chi connectivity index (χ1) is 11.1. The molecule has 2 N–H and O–H groups in total. The molecule has 0 aliphatic carbocycles. The third-order valence-corrected chi connectivity index (χ3v) is 3.14. The number of hydrogen-bond acceptors (Lipinski definition) is 4. The van der Waals surface area contributed by atoms with Gasteiger partial charge in [-0.1, -0.05) is 18.2 Å². The molecule has 0 saturated carbocycles. The summed E-state index contributed by atoms with van der Waals surface area (Å²) in [7, 11) is 2.97. The Kier molecular flexibility index (Phi) is 5.19. The molecule has 0 atom stereocenters. The number of methoxy groups -OCH3 is 2. The number of ether oxygens (including phenoxy) is 2. The van der Waals surface area contributed by atoms with Crippen molar-refractivity contribution in [3.8, 4) is 11.5 Å². The fourth-order valence-corrected chi connectivity index (χ4v) is 2.15. The molecule has 23 heavy (non-hydrogen) atoms. The average molecular weight is 314 g/mol. The summed E-state index contributed by atoms with van der Waals surface area (Å²) in [5.74, 6) is 0.191. The first-order valence-electron chi connectivity index (χ1n) is 6.95. The maximum Gasteiger partial charge on any atom is 0.263 e. The molecule has 0 bridgehead atoms. The Hall–Kier alpha value is -3.02. The van der Waals surface area contributed by atoms with E-state index < -0.39 is 5.91 Å². The van der Waals surface area contributed by atoms with Crippen LogP contribution in [0.25, 0.3) is 0 Å². The molecule has 0 heterocycles. The third-order valence-electron chi connectivity index (χ3n) is 3.14. The van der Waals surface area contributed by atoms with Crippen molar-refractivity contribution >= 4 is 23.2 Å². The van der Waals surface area contributed by atoms with Crippen molar-refractivity contribution in [1.82, 2.24) is 0 Å². The van der Waals surface area contributed by atoms with Crippen LogP contribution in [0.3, 0.4) is 0 Å². The Labute approximate surface area is 134 Å². The highest BCUT2D eigenvalue weighted by Crippen LogP contribution is 2.30. The Morgan fingerprint density at radius 1 is 0.826 bits per heavy atom. The molecule has 6 heteroatoms. The van der Waals surface area contributed by atoms with Crippen LogP contribution in [0.15, 0.2) is 42.5 Å². The zero-order valence-corrected chi connectivity index (χ0v) is 13.2. The van der Waals surface area contributed by atoms with Crippen molar-refractivity contribution in [3.63, 3.8) is 0 Å². The lowest BCUT2D eigenvalue weighted by molar-refractivity contribution is -0.114. The topological polar surface area (TPSA) is 76.7 Å². The molecule has 0 radical (unpaired) electrons. The molecule has 0 aliphatic rings. The van der Waals surface area contributed by atoms with Gasteiger partial charge in [-0.2, -0.15) is 0 Å². The number of carbonyl (C=O) groups is 2. The van der Waals surface area contributed by atoms with E-state index in [0.29, 0.717) is 22.9 Å². The second-order valence-corrected chi connectivity index (χ2v) is 4.72. The zero-order valence-electron chi connectivity index (χ0n) is 13.2. The largest absolute Gasteiger partial charge is 0.496 e. The van der Waals surface area contributed by atoms with Gasteiger partial charge >= 0.3 is 0 Å². The third kappa shape index (κ3) is 3.79. The normalized spacial score (nSPS) is 9.87. The first-order valence-corrected chi connectivity index (χ1v) is 6.95. The van der Waals surface area contributed by atoms with Gasteiger partial charge in [-0.05, 0) is 24.3 Å². The molecule has 0 spiro atoms. The molecule has 6 nitrogen and oxygen atoms in total. The highest BCUT2D eigenvalue weighted by atomic mass is 16.5. The summed E-state index contributed by atoms with van der Waals surface area (Å²) < 4.78 is 10.5. The van der Waals surface area contributed by atoms with Gasteiger partial charge in [0.15, 0.2) is 0 Å². The van der Waals surface area contributed by atoms with Gasteiger partial charge in [0, 0.05) is 6.92 Å². The number of nitrogens with one attached hydrogen (secondary N) is 2. The van der Waals surface area contributed by atoms with Gasteiger partial charge < -0.3 is 20.1 Å². The summed E-state index contributed by atoms with van der Waals surface area (Å²) in [6, 6.07) is 12.0. The van der Waals surface area contributed by atoms with Gasteiger partial charge in [-0.3, -0.25) is 9.59 Å². The van der Waals surface area contributed by atoms with E-state index in [1.165, 1.54) is 21.1 Å². The van der Waals surface area contributed by atoms with Gasteiger partial charge in [-0.25, -0.2) is 0 Å². The number of para-hydroxylation sites is 2. The van der Waals surface area contributed by atoms with Crippen molar-refractivity contribution in [1.29, 1.82) is 0 Å². The second-order valence-electron chi connectivity index (χ2n) is 4.72. The standard InChI is InChI=1S/C17H18N2O4/c1-11(20)18-12-7-4-5-8-13(12)19-17(21)16-14(22-2)9-6-10-15(16)23-3/h4-10H,1-3H3,(H,18,20)(H,19,21). The van der Waals surface area contributed by atoms with Crippen LogP contribution in [-0.2, 0) is 4.79 Å². The molecule has 2 aromatic rings. The van der Waals surface area contributed by atoms with Crippen LogP contribution in [0, 0.1) is 0 Å². The maximum absolute atomic E-state index is 12.6. The zero-order chi connectivity index (χ0) is 16.8. The van der Waals surface area contributed by atoms with E-state index >= 15 is 0 Å². The second kappa shape index (κ2) is 7.31. The molecular formula is C17H18N2O4. The minimum atomic E-state index is -0.392. The molecular weight excluding hydrogens is 296 g/mol. The minimum absolute atomic E-state index is 0.221. The van der Waals surface area contributed by atoms with E-state index in [0.717, 1.165) is 0 Å². The lowest BCUT2D eigenvalue weighted by atomic mass is 10.1. The lowest BCUT2D eigenvalue weighted by Crippen LogP contribution is -2.16. The van der Waals surface area contributed by atoms with E-state index in [-0.39, 0.29) is 11.5 Å². The fourth-order valence-electron chi connectivity index (χ4n) is 2.15. The molecule has 0 aliphatic heterocycles. The van der Waals surface area contributed by atoms with E-state index in [2.05, 4.69) is 10.6 Å². The Balaban J connectivity index is 2.35. The predicted molar refractivity (Wildman–Crippen MR) is 88.2 cm³/mol. The van der Waals surface area contributed by atoms with Gasteiger partial charge in [0.05, 0.1) is 25.6 Å². The summed E-state index contributed by atoms with van der Waals surface area (Å²) >= 11 is 0. The van der Waals surface area contributed by atoms with Crippen molar-refractivity contribution in [2.45, 2.75) is 6.92 Å². The monoisotopic (exact) mass is 314 g/mol. The van der Waals surface area contributed by atoms with Crippen LogP contribution < -0.4 is 20.1 Å². The number of rotatable bonds is 5. The lowest BCUT2D eigenvalue weighted by Gasteiger charge is -2.15. The Morgan fingerprint density at radius 2 is 1.35 bits per heavy atom. The molecule has 2 amide bonds. The minimum Gasteiger partial charge on any atom is -0.496 e. The van der Waals surface area contributed by atoms with Crippen LogP contribution in [0.1, 0.15) is 17.3 Å². The highest BCUT2D eigenvalue weighted by Gasteiger charge is 2.19. The van der Waals surface area contributed by atoms with Crippen LogP contribution >= 0.6 is 0 Å². The number of hydrogen-bond donors (Lipinski definition) is 2. The number of benzene rings is 2. The molecule has 2 aromatic carbocycles. The number of carbonyl (C=O) groups excluding carboxylic acids is 2. The van der Waals surface area contributed by atoms with Gasteiger partial charge in [0.1, 0.15) is 17.1 Å². The Morgan fingerprint density at radius 3 is 1.83 bits per heavy atom. The average Bonchev–Trinajstić information content (AvgIpc) is 2.55. The van der Waals surface area contributed by atoms with Gasteiger partial charge in [-0.15, -0.1) is 0 Å². The van der Waals surface area contributed by atoms with Crippen LogP contribution in [-0.4, -0.2) is 26.0 Å². The van der Waals surface area contributed by atoms with Crippen molar-refractivity contribution < 1.29 is 19.1 Å². The van der Waals surface area contributed by atoms with Gasteiger partial charge in [0.25, 0.3) is 5.91 Å². The molecule has 0 fully saturated rings. The van der Waals surface area contributed by atoms with E-state index in [4.69, 9.17) is 9.47 Å². The Bertz CT molecular complexity index is 706. The van der Waals surface area contributed by atoms with Crippen molar-refractivity contribution in [2.24, 2.45) is 0 Å². The SMILES string of the molecule is COc1cccc(OC)c1C(=O)Nc1ccccc1NC(C)=O. The van der Waals surface area contributed by atoms with Crippen LogP contribution in [0.5, 0.6) is 11.5 Å². The van der Waals surface area contributed by atoms with E-state index in [1.54, 1.807) is 42.5 Å². The van der Waals surface area contributed by atoms with Crippen LogP contribution in [0.2, 0.25) is 0 Å². The van der Waals surface area contributed by atoms with Crippen molar-refractivity contribution in [2.75, 3.05) is 24.9 Å². The van der Waals surface area contributed by atoms with Crippen LogP contribution in [0.4, 0.5) is 11.4 Å². The van der Waals surface area contributed by atoms with E-state index in [1.807, 2.05) is 0 Å². The predicted octanol–water partition coefficient (Wildman–Crippen LogP) is 2.91. The molecule has 2 rings (SSSR count).